The molecule has 0 saturated heterocycles. The molecule has 0 aromatic heterocycles. The van der Waals surface area contributed by atoms with Gasteiger partial charge in [-0.15, -0.1) is 0 Å². The Kier molecular flexibility index (Phi) is 5.94. The van der Waals surface area contributed by atoms with E-state index in [4.69, 9.17) is 4.74 Å². The van der Waals surface area contributed by atoms with E-state index in [0.717, 1.165) is 0 Å². The van der Waals surface area contributed by atoms with E-state index in [0.29, 0.717) is 18.0 Å². The van der Waals surface area contributed by atoms with Gasteiger partial charge < -0.3 is 15.5 Å². The Morgan fingerprint density at radius 1 is 1.21 bits per heavy atom. The number of para-hydroxylation sites is 1. The molecule has 0 unspecified atom stereocenters. The normalized spacial score (nSPS) is 10.5. The molecule has 19 heavy (non-hydrogen) atoms. The van der Waals surface area contributed by atoms with Gasteiger partial charge in [0.05, 0.1) is 6.61 Å². The third-order valence-electron chi connectivity index (χ3n) is 2.03. The fraction of sp³-hybridized carbons (Fsp3) is 0.231. The lowest BCUT2D eigenvalue weighted by Crippen LogP contribution is -2.39. The Bertz CT molecular complexity index is 457. The minimum Gasteiger partial charge on any atom is -0.463 e. The van der Waals surface area contributed by atoms with Crippen LogP contribution in [0.2, 0.25) is 0 Å². The van der Waals surface area contributed by atoms with Crippen molar-refractivity contribution in [2.75, 3.05) is 11.9 Å². The van der Waals surface area contributed by atoms with Crippen LogP contribution in [0, 0.1) is 0 Å². The molecule has 0 aliphatic heterocycles. The summed E-state index contributed by atoms with van der Waals surface area (Å²) in [6.45, 7) is 3.67. The van der Waals surface area contributed by atoms with E-state index < -0.39 is 12.0 Å². The van der Waals surface area contributed by atoms with Crippen molar-refractivity contribution in [1.29, 1.82) is 0 Å². The number of hydrazine groups is 1. The third kappa shape index (κ3) is 6.11. The standard InChI is InChI=1S/C13H17N3O3/c1-3-19-12(17)9-10(2)15-16-13(18)14-11-7-5-4-6-8-11/h4-9,15H,3H2,1-2H3,(H2,14,16,18)/b10-9+. The number of amides is 2. The van der Waals surface area contributed by atoms with Crippen LogP contribution in [0.3, 0.4) is 0 Å². The molecule has 1 aromatic rings. The van der Waals surface area contributed by atoms with E-state index >= 15 is 0 Å². The molecule has 2 amide bonds. The highest BCUT2D eigenvalue weighted by Crippen LogP contribution is 2.03. The zero-order valence-electron chi connectivity index (χ0n) is 10.9. The summed E-state index contributed by atoms with van der Waals surface area (Å²) in [7, 11) is 0. The molecule has 0 spiro atoms. The van der Waals surface area contributed by atoms with E-state index in [1.54, 1.807) is 26.0 Å². The average Bonchev–Trinajstić information content (AvgIpc) is 2.38. The van der Waals surface area contributed by atoms with Crippen LogP contribution in [0.4, 0.5) is 10.5 Å². The Morgan fingerprint density at radius 3 is 2.53 bits per heavy atom. The summed E-state index contributed by atoms with van der Waals surface area (Å²) in [5.41, 5.74) is 6.14. The molecule has 0 aliphatic carbocycles. The first-order valence-electron chi connectivity index (χ1n) is 5.85. The van der Waals surface area contributed by atoms with Crippen LogP contribution in [0.15, 0.2) is 42.1 Å². The van der Waals surface area contributed by atoms with E-state index in [9.17, 15) is 9.59 Å². The predicted octanol–water partition coefficient (Wildman–Crippen LogP) is 1.78. The number of ether oxygens (including phenoxy) is 1. The van der Waals surface area contributed by atoms with Crippen molar-refractivity contribution in [3.05, 3.63) is 42.1 Å². The Morgan fingerprint density at radius 2 is 1.89 bits per heavy atom. The van der Waals surface area contributed by atoms with Crippen molar-refractivity contribution in [3.8, 4) is 0 Å². The van der Waals surface area contributed by atoms with Gasteiger partial charge in [-0.05, 0) is 26.0 Å². The molecule has 0 heterocycles. The number of urea groups is 1. The van der Waals surface area contributed by atoms with Crippen LogP contribution in [0.25, 0.3) is 0 Å². The number of allylic oxidation sites excluding steroid dienone is 1. The number of esters is 1. The second-order valence-electron chi connectivity index (χ2n) is 3.65. The first kappa shape index (κ1) is 14.6. The Hall–Kier alpha value is -2.50. The highest BCUT2D eigenvalue weighted by molar-refractivity contribution is 5.89. The van der Waals surface area contributed by atoms with Gasteiger partial charge in [-0.25, -0.2) is 9.59 Å². The third-order valence-corrected chi connectivity index (χ3v) is 2.03. The van der Waals surface area contributed by atoms with Crippen molar-refractivity contribution in [1.82, 2.24) is 10.9 Å². The molecular weight excluding hydrogens is 246 g/mol. The molecular formula is C13H17N3O3. The maximum atomic E-state index is 11.5. The van der Waals surface area contributed by atoms with Gasteiger partial charge in [0.1, 0.15) is 0 Å². The van der Waals surface area contributed by atoms with Gasteiger partial charge in [-0.1, -0.05) is 18.2 Å². The molecule has 6 nitrogen and oxygen atoms in total. The zero-order chi connectivity index (χ0) is 14.1. The number of nitrogens with one attached hydrogen (secondary N) is 3. The summed E-state index contributed by atoms with van der Waals surface area (Å²) in [5.74, 6) is -0.460. The molecule has 0 bridgehead atoms. The van der Waals surface area contributed by atoms with Crippen molar-refractivity contribution in [2.45, 2.75) is 13.8 Å². The number of hydrogen-bond donors (Lipinski definition) is 3. The molecule has 0 saturated carbocycles. The van der Waals surface area contributed by atoms with Crippen LogP contribution in [0.1, 0.15) is 13.8 Å². The summed E-state index contributed by atoms with van der Waals surface area (Å²) >= 11 is 0. The van der Waals surface area contributed by atoms with Crippen molar-refractivity contribution >= 4 is 17.7 Å². The molecule has 102 valence electrons. The lowest BCUT2D eigenvalue weighted by molar-refractivity contribution is -0.137. The smallest absolute Gasteiger partial charge is 0.337 e. The highest BCUT2D eigenvalue weighted by atomic mass is 16.5. The zero-order valence-corrected chi connectivity index (χ0v) is 10.9. The van der Waals surface area contributed by atoms with E-state index in [2.05, 4.69) is 16.2 Å². The summed E-state index contributed by atoms with van der Waals surface area (Å²) in [6, 6.07) is 8.59. The van der Waals surface area contributed by atoms with Gasteiger partial charge in [-0.2, -0.15) is 0 Å². The average molecular weight is 263 g/mol. The highest BCUT2D eigenvalue weighted by Gasteiger charge is 2.01. The molecule has 1 rings (SSSR count). The summed E-state index contributed by atoms with van der Waals surface area (Å²) < 4.78 is 4.73. The van der Waals surface area contributed by atoms with E-state index in [-0.39, 0.29) is 0 Å². The second kappa shape index (κ2) is 7.75. The molecule has 0 radical (unpaired) electrons. The van der Waals surface area contributed by atoms with E-state index in [1.807, 2.05) is 18.2 Å². The van der Waals surface area contributed by atoms with Crippen molar-refractivity contribution < 1.29 is 14.3 Å². The quantitative estimate of drug-likeness (QED) is 0.430. The Labute approximate surface area is 111 Å². The maximum absolute atomic E-state index is 11.5. The number of hydrogen-bond acceptors (Lipinski definition) is 4. The van der Waals surface area contributed by atoms with Crippen molar-refractivity contribution in [2.24, 2.45) is 0 Å². The fourth-order valence-electron chi connectivity index (χ4n) is 1.24. The minimum atomic E-state index is -0.460. The first-order valence-corrected chi connectivity index (χ1v) is 5.85. The van der Waals surface area contributed by atoms with Crippen LogP contribution in [-0.4, -0.2) is 18.6 Å². The lowest BCUT2D eigenvalue weighted by Gasteiger charge is -2.09. The van der Waals surface area contributed by atoms with Crippen LogP contribution in [-0.2, 0) is 9.53 Å². The van der Waals surface area contributed by atoms with Gasteiger partial charge >= 0.3 is 12.0 Å². The Balaban J connectivity index is 2.36. The van der Waals surface area contributed by atoms with Crippen LogP contribution >= 0.6 is 0 Å². The summed E-state index contributed by atoms with van der Waals surface area (Å²) in [5, 5.41) is 2.62. The minimum absolute atomic E-state index is 0.310. The fourth-order valence-corrected chi connectivity index (χ4v) is 1.24. The molecule has 0 atom stereocenters. The monoisotopic (exact) mass is 263 g/mol. The van der Waals surface area contributed by atoms with Gasteiger partial charge in [0.25, 0.3) is 0 Å². The SMILES string of the molecule is CCOC(=O)/C=C(\C)NNC(=O)Nc1ccccc1. The van der Waals surface area contributed by atoms with Crippen LogP contribution < -0.4 is 16.2 Å². The topological polar surface area (TPSA) is 79.5 Å². The number of carbonyl (C=O) groups is 2. The largest absolute Gasteiger partial charge is 0.463 e. The second-order valence-corrected chi connectivity index (χ2v) is 3.65. The number of rotatable bonds is 5. The number of benzene rings is 1. The lowest BCUT2D eigenvalue weighted by atomic mass is 10.3. The first-order chi connectivity index (χ1) is 9.11. The molecule has 0 fully saturated rings. The van der Waals surface area contributed by atoms with Gasteiger partial charge in [0.2, 0.25) is 0 Å². The van der Waals surface area contributed by atoms with E-state index in [1.165, 1.54) is 6.08 Å². The van der Waals surface area contributed by atoms with Gasteiger partial charge in [0, 0.05) is 17.5 Å². The van der Waals surface area contributed by atoms with Gasteiger partial charge in [0.15, 0.2) is 0 Å². The van der Waals surface area contributed by atoms with Gasteiger partial charge in [-0.3, -0.25) is 5.43 Å². The number of carbonyl (C=O) groups excluding carboxylic acids is 2. The summed E-state index contributed by atoms with van der Waals surface area (Å²) in [4.78, 5) is 22.6. The summed E-state index contributed by atoms with van der Waals surface area (Å²) in [6.07, 6.45) is 1.26. The van der Waals surface area contributed by atoms with Crippen molar-refractivity contribution in [3.63, 3.8) is 0 Å². The predicted molar refractivity (Wildman–Crippen MR) is 72.1 cm³/mol. The number of anilines is 1. The molecule has 0 aliphatic rings. The molecule has 6 heteroatoms. The maximum Gasteiger partial charge on any atom is 0.337 e. The molecule has 3 N–H and O–H groups in total. The van der Waals surface area contributed by atoms with Crippen LogP contribution in [0.5, 0.6) is 0 Å². The molecule has 1 aromatic carbocycles.